The molecule has 0 radical (unpaired) electrons. The number of anilines is 2. The minimum absolute atomic E-state index is 0.238. The van der Waals surface area contributed by atoms with Gasteiger partial charge in [-0.05, 0) is 23.8 Å². The Morgan fingerprint density at radius 2 is 1.71 bits per heavy atom. The number of hydrogen-bond donors (Lipinski definition) is 1. The molecule has 0 aliphatic carbocycles. The SMILES string of the molecule is COc1cc(Cl)c(NC(=O)[C@@H]2Cc3ccccc3N2C(=O)c2ccccc2)c(OC)c1. The van der Waals surface area contributed by atoms with Gasteiger partial charge in [0.1, 0.15) is 23.2 Å². The summed E-state index contributed by atoms with van der Waals surface area (Å²) in [5, 5.41) is 3.13. The predicted octanol–water partition coefficient (Wildman–Crippen LogP) is 4.57. The monoisotopic (exact) mass is 436 g/mol. The van der Waals surface area contributed by atoms with E-state index in [1.54, 1.807) is 41.3 Å². The van der Waals surface area contributed by atoms with Crippen molar-refractivity contribution in [2.45, 2.75) is 12.5 Å². The first-order valence-electron chi connectivity index (χ1n) is 9.72. The number of carbonyl (C=O) groups is 2. The second kappa shape index (κ2) is 8.70. The van der Waals surface area contributed by atoms with Gasteiger partial charge in [0.15, 0.2) is 0 Å². The molecule has 1 N–H and O–H groups in total. The fraction of sp³-hybridized carbons (Fsp3) is 0.167. The highest BCUT2D eigenvalue weighted by molar-refractivity contribution is 6.34. The molecule has 4 rings (SSSR count). The van der Waals surface area contributed by atoms with Crippen molar-refractivity contribution >= 4 is 34.8 Å². The molecule has 1 atom stereocenters. The highest BCUT2D eigenvalue weighted by Gasteiger charge is 2.39. The van der Waals surface area contributed by atoms with E-state index in [2.05, 4.69) is 5.32 Å². The van der Waals surface area contributed by atoms with Gasteiger partial charge < -0.3 is 14.8 Å². The van der Waals surface area contributed by atoms with Crippen LogP contribution in [0.4, 0.5) is 11.4 Å². The Kier molecular flexibility index (Phi) is 5.82. The normalized spacial score (nSPS) is 14.7. The highest BCUT2D eigenvalue weighted by atomic mass is 35.5. The number of para-hydroxylation sites is 1. The summed E-state index contributed by atoms with van der Waals surface area (Å²) >= 11 is 6.37. The van der Waals surface area contributed by atoms with E-state index in [0.717, 1.165) is 11.3 Å². The van der Waals surface area contributed by atoms with Gasteiger partial charge >= 0.3 is 0 Å². The topological polar surface area (TPSA) is 67.9 Å². The van der Waals surface area contributed by atoms with Crippen LogP contribution in [0.5, 0.6) is 11.5 Å². The number of methoxy groups -OCH3 is 2. The fourth-order valence-electron chi connectivity index (χ4n) is 3.73. The molecule has 1 heterocycles. The number of ether oxygens (including phenoxy) is 2. The minimum Gasteiger partial charge on any atom is -0.497 e. The van der Waals surface area contributed by atoms with Gasteiger partial charge in [-0.3, -0.25) is 14.5 Å². The maximum Gasteiger partial charge on any atom is 0.259 e. The quantitative estimate of drug-likeness (QED) is 0.636. The van der Waals surface area contributed by atoms with E-state index in [9.17, 15) is 9.59 Å². The van der Waals surface area contributed by atoms with Crippen LogP contribution in [-0.4, -0.2) is 32.1 Å². The predicted molar refractivity (Wildman–Crippen MR) is 120 cm³/mol. The molecule has 7 heteroatoms. The fourth-order valence-corrected chi connectivity index (χ4v) is 3.98. The summed E-state index contributed by atoms with van der Waals surface area (Å²) < 4.78 is 10.6. The molecule has 3 aromatic rings. The van der Waals surface area contributed by atoms with Gasteiger partial charge in [-0.25, -0.2) is 0 Å². The first kappa shape index (κ1) is 20.8. The van der Waals surface area contributed by atoms with Crippen LogP contribution < -0.4 is 19.7 Å². The van der Waals surface area contributed by atoms with Gasteiger partial charge in [0.05, 0.1) is 19.2 Å². The Balaban J connectivity index is 1.68. The van der Waals surface area contributed by atoms with Gasteiger partial charge in [0.25, 0.3) is 5.91 Å². The van der Waals surface area contributed by atoms with Crippen LogP contribution in [0.2, 0.25) is 5.02 Å². The Morgan fingerprint density at radius 3 is 2.42 bits per heavy atom. The number of rotatable bonds is 5. The summed E-state index contributed by atoms with van der Waals surface area (Å²) in [4.78, 5) is 28.2. The van der Waals surface area contributed by atoms with E-state index in [-0.39, 0.29) is 16.8 Å². The molecule has 6 nitrogen and oxygen atoms in total. The van der Waals surface area contributed by atoms with Gasteiger partial charge in [0, 0.05) is 29.8 Å². The average molecular weight is 437 g/mol. The number of fused-ring (bicyclic) bond motifs is 1. The van der Waals surface area contributed by atoms with Gasteiger partial charge in [-0.2, -0.15) is 0 Å². The summed E-state index contributed by atoms with van der Waals surface area (Å²) in [6, 6.07) is 18.9. The lowest BCUT2D eigenvalue weighted by molar-refractivity contribution is -0.117. The third kappa shape index (κ3) is 3.94. The zero-order chi connectivity index (χ0) is 22.0. The Morgan fingerprint density at radius 1 is 1.00 bits per heavy atom. The number of nitrogens with one attached hydrogen (secondary N) is 1. The zero-order valence-corrected chi connectivity index (χ0v) is 17.8. The number of benzene rings is 3. The maximum absolute atomic E-state index is 13.4. The average Bonchev–Trinajstić information content (AvgIpc) is 3.20. The van der Waals surface area contributed by atoms with Crippen LogP contribution in [0.1, 0.15) is 15.9 Å². The molecule has 0 saturated heterocycles. The number of nitrogens with zero attached hydrogens (tertiary/aromatic N) is 1. The molecule has 158 valence electrons. The van der Waals surface area contributed by atoms with E-state index < -0.39 is 6.04 Å². The number of hydrogen-bond acceptors (Lipinski definition) is 4. The van der Waals surface area contributed by atoms with E-state index >= 15 is 0 Å². The van der Waals surface area contributed by atoms with Gasteiger partial charge in [-0.15, -0.1) is 0 Å². The molecule has 0 unspecified atom stereocenters. The third-order valence-electron chi connectivity index (χ3n) is 5.25. The van der Waals surface area contributed by atoms with E-state index in [4.69, 9.17) is 21.1 Å². The van der Waals surface area contributed by atoms with Crippen molar-refractivity contribution in [2.75, 3.05) is 24.4 Å². The zero-order valence-electron chi connectivity index (χ0n) is 17.1. The van der Waals surface area contributed by atoms with Crippen LogP contribution in [-0.2, 0) is 11.2 Å². The van der Waals surface area contributed by atoms with Gasteiger partial charge in [-0.1, -0.05) is 48.0 Å². The number of halogens is 1. The summed E-state index contributed by atoms with van der Waals surface area (Å²) in [5.74, 6) is 0.285. The molecule has 0 bridgehead atoms. The molecule has 0 aromatic heterocycles. The summed E-state index contributed by atoms with van der Waals surface area (Å²) in [7, 11) is 3.00. The molecule has 0 saturated carbocycles. The van der Waals surface area contributed by atoms with Gasteiger partial charge in [0.2, 0.25) is 5.91 Å². The standard InChI is InChI=1S/C24H21ClN2O4/c1-30-17-13-18(25)22(21(14-17)31-2)26-23(28)20-12-16-10-6-7-11-19(16)27(20)24(29)15-8-4-3-5-9-15/h3-11,13-14,20H,12H2,1-2H3,(H,26,28)/t20-/m0/s1. The van der Waals surface area contributed by atoms with Crippen molar-refractivity contribution in [1.82, 2.24) is 0 Å². The van der Waals surface area contributed by atoms with Crippen LogP contribution in [0.3, 0.4) is 0 Å². The molecular formula is C24H21ClN2O4. The second-order valence-corrected chi connectivity index (χ2v) is 7.47. The van der Waals surface area contributed by atoms with Crippen molar-refractivity contribution in [3.05, 3.63) is 82.9 Å². The molecule has 31 heavy (non-hydrogen) atoms. The molecule has 0 spiro atoms. The van der Waals surface area contributed by atoms with Crippen LogP contribution >= 0.6 is 11.6 Å². The summed E-state index contributed by atoms with van der Waals surface area (Å²) in [6.07, 6.45) is 0.399. The van der Waals surface area contributed by atoms with Crippen molar-refractivity contribution in [1.29, 1.82) is 0 Å². The Bertz CT molecular complexity index is 1130. The molecular weight excluding hydrogens is 416 g/mol. The highest BCUT2D eigenvalue weighted by Crippen LogP contribution is 2.38. The van der Waals surface area contributed by atoms with Crippen LogP contribution in [0.15, 0.2) is 66.7 Å². The lowest BCUT2D eigenvalue weighted by Gasteiger charge is -2.25. The van der Waals surface area contributed by atoms with Crippen molar-refractivity contribution in [3.63, 3.8) is 0 Å². The Labute approximate surface area is 185 Å². The molecule has 0 fully saturated rings. The van der Waals surface area contributed by atoms with Crippen molar-refractivity contribution in [3.8, 4) is 11.5 Å². The Hall–Kier alpha value is -3.51. The molecule has 2 amide bonds. The van der Waals surface area contributed by atoms with Crippen molar-refractivity contribution < 1.29 is 19.1 Å². The smallest absolute Gasteiger partial charge is 0.259 e. The van der Waals surface area contributed by atoms with E-state index in [0.29, 0.717) is 29.2 Å². The number of amides is 2. The minimum atomic E-state index is -0.729. The van der Waals surface area contributed by atoms with Crippen LogP contribution in [0, 0.1) is 0 Å². The van der Waals surface area contributed by atoms with E-state index in [1.807, 2.05) is 30.3 Å². The maximum atomic E-state index is 13.4. The van der Waals surface area contributed by atoms with Crippen molar-refractivity contribution in [2.24, 2.45) is 0 Å². The second-order valence-electron chi connectivity index (χ2n) is 7.07. The molecule has 1 aliphatic rings. The lowest BCUT2D eigenvalue weighted by atomic mass is 10.1. The van der Waals surface area contributed by atoms with Crippen LogP contribution in [0.25, 0.3) is 0 Å². The lowest BCUT2D eigenvalue weighted by Crippen LogP contribution is -2.45. The third-order valence-corrected chi connectivity index (χ3v) is 5.55. The first-order valence-corrected chi connectivity index (χ1v) is 10.1. The molecule has 3 aromatic carbocycles. The largest absolute Gasteiger partial charge is 0.497 e. The summed E-state index contributed by atoms with van der Waals surface area (Å²) in [6.45, 7) is 0. The number of carbonyl (C=O) groups excluding carboxylic acids is 2. The first-order chi connectivity index (χ1) is 15.0. The van der Waals surface area contributed by atoms with E-state index in [1.165, 1.54) is 14.2 Å². The summed E-state index contributed by atoms with van der Waals surface area (Å²) in [5.41, 5.74) is 2.50. The molecule has 1 aliphatic heterocycles.